The lowest BCUT2D eigenvalue weighted by atomic mass is 10.3. The largest absolute Gasteiger partial charge is 0.494 e. The number of benzene rings is 1. The van der Waals surface area contributed by atoms with Crippen LogP contribution in [0.4, 0.5) is 18.9 Å². The van der Waals surface area contributed by atoms with Crippen molar-refractivity contribution in [3.8, 4) is 5.75 Å². The Labute approximate surface area is 95.7 Å². The average molecular weight is 252 g/mol. The highest BCUT2D eigenvalue weighted by Gasteiger charge is 2.34. The summed E-state index contributed by atoms with van der Waals surface area (Å²) in [5.74, 6) is 0.454. The molecule has 0 saturated heterocycles. The Morgan fingerprint density at radius 2 is 2.12 bits per heavy atom. The molecular weight excluding hydrogens is 243 g/mol. The van der Waals surface area contributed by atoms with Gasteiger partial charge in [0.2, 0.25) is 5.17 Å². The van der Waals surface area contributed by atoms with Gasteiger partial charge in [-0.3, -0.25) is 0 Å². The average Bonchev–Trinajstić information content (AvgIpc) is 2.17. The molecule has 6 heteroatoms. The lowest BCUT2D eigenvalue weighted by molar-refractivity contribution is -0.0558. The molecule has 0 saturated carbocycles. The van der Waals surface area contributed by atoms with Gasteiger partial charge in [0, 0.05) is 6.07 Å². The van der Waals surface area contributed by atoms with Crippen LogP contribution >= 0.6 is 11.6 Å². The molecule has 0 aromatic heterocycles. The number of nitrogens with zero attached hydrogens (tertiary/aromatic N) is 1. The fourth-order valence-corrected chi connectivity index (χ4v) is 1.08. The highest BCUT2D eigenvalue weighted by molar-refractivity contribution is 6.67. The predicted octanol–water partition coefficient (Wildman–Crippen LogP) is 3.92. The fourth-order valence-electron chi connectivity index (χ4n) is 0.986. The highest BCUT2D eigenvalue weighted by Crippen LogP contribution is 2.25. The number of hydrogen-bond donors (Lipinski definition) is 0. The molecule has 16 heavy (non-hydrogen) atoms. The van der Waals surface area contributed by atoms with E-state index in [9.17, 15) is 13.2 Å². The maximum atomic E-state index is 12.1. The van der Waals surface area contributed by atoms with Crippen molar-refractivity contribution in [1.29, 1.82) is 0 Å². The number of hydrogen-bond acceptors (Lipinski definition) is 2. The third kappa shape index (κ3) is 3.73. The summed E-state index contributed by atoms with van der Waals surface area (Å²) in [5, 5.41) is -1.40. The van der Waals surface area contributed by atoms with Crippen molar-refractivity contribution < 1.29 is 17.9 Å². The van der Waals surface area contributed by atoms with E-state index < -0.39 is 11.3 Å². The van der Waals surface area contributed by atoms with Gasteiger partial charge in [-0.05, 0) is 19.1 Å². The number of aliphatic imine (C=N–C) groups is 1. The van der Waals surface area contributed by atoms with Crippen LogP contribution in [0.25, 0.3) is 0 Å². The Bertz CT molecular complexity index is 390. The van der Waals surface area contributed by atoms with Crippen molar-refractivity contribution in [3.05, 3.63) is 24.3 Å². The van der Waals surface area contributed by atoms with Gasteiger partial charge >= 0.3 is 6.18 Å². The first-order chi connectivity index (χ1) is 7.43. The lowest BCUT2D eigenvalue weighted by Crippen LogP contribution is -2.16. The quantitative estimate of drug-likeness (QED) is 0.746. The van der Waals surface area contributed by atoms with E-state index in [1.807, 2.05) is 0 Å². The number of alkyl halides is 3. The Kier molecular flexibility index (Phi) is 4.18. The van der Waals surface area contributed by atoms with Crippen molar-refractivity contribution >= 4 is 22.5 Å². The maximum Gasteiger partial charge on any atom is 0.444 e. The Balaban J connectivity index is 2.93. The van der Waals surface area contributed by atoms with Gasteiger partial charge in [0.15, 0.2) is 0 Å². The molecule has 0 N–H and O–H groups in total. The summed E-state index contributed by atoms with van der Waals surface area (Å²) >= 11 is 5.01. The fraction of sp³-hybridized carbons (Fsp3) is 0.300. The van der Waals surface area contributed by atoms with Crippen LogP contribution in [0.5, 0.6) is 5.75 Å². The van der Waals surface area contributed by atoms with Gasteiger partial charge in [-0.25, -0.2) is 4.99 Å². The standard InChI is InChI=1S/C10H9ClF3NO/c1-2-16-8-5-3-4-7(6-8)15-9(11)10(12,13)14/h3-6H,2H2,1H3. The van der Waals surface area contributed by atoms with Crippen LogP contribution < -0.4 is 4.74 Å². The summed E-state index contributed by atoms with van der Waals surface area (Å²) < 4.78 is 41.4. The Morgan fingerprint density at radius 1 is 1.44 bits per heavy atom. The van der Waals surface area contributed by atoms with Crippen molar-refractivity contribution in [3.63, 3.8) is 0 Å². The molecule has 1 rings (SSSR count). The van der Waals surface area contributed by atoms with Gasteiger partial charge in [0.1, 0.15) is 5.75 Å². The summed E-state index contributed by atoms with van der Waals surface area (Å²) in [6, 6.07) is 5.97. The molecule has 2 nitrogen and oxygen atoms in total. The van der Waals surface area contributed by atoms with E-state index in [1.54, 1.807) is 19.1 Å². The Hall–Kier alpha value is -1.23. The van der Waals surface area contributed by atoms with Gasteiger partial charge in [-0.2, -0.15) is 13.2 Å². The highest BCUT2D eigenvalue weighted by atomic mass is 35.5. The molecule has 0 aliphatic heterocycles. The third-order valence-electron chi connectivity index (χ3n) is 1.59. The first-order valence-corrected chi connectivity index (χ1v) is 4.85. The van der Waals surface area contributed by atoms with Crippen LogP contribution in [0.1, 0.15) is 6.92 Å². The van der Waals surface area contributed by atoms with Crippen LogP contribution in [-0.4, -0.2) is 18.0 Å². The van der Waals surface area contributed by atoms with Gasteiger partial charge in [-0.1, -0.05) is 17.7 Å². The normalized spacial score (nSPS) is 12.7. The molecule has 0 atom stereocenters. The second kappa shape index (κ2) is 5.21. The van der Waals surface area contributed by atoms with E-state index >= 15 is 0 Å². The summed E-state index contributed by atoms with van der Waals surface area (Å²) in [7, 11) is 0. The molecule has 0 heterocycles. The molecule has 1 aromatic rings. The maximum absolute atomic E-state index is 12.1. The van der Waals surface area contributed by atoms with E-state index in [0.717, 1.165) is 0 Å². The zero-order chi connectivity index (χ0) is 12.2. The minimum Gasteiger partial charge on any atom is -0.494 e. The zero-order valence-corrected chi connectivity index (χ0v) is 9.14. The van der Waals surface area contributed by atoms with Crippen LogP contribution in [0.2, 0.25) is 0 Å². The molecule has 1 aromatic carbocycles. The molecule has 0 fully saturated rings. The molecule has 0 spiro atoms. The summed E-state index contributed by atoms with van der Waals surface area (Å²) in [4.78, 5) is 3.25. The molecule has 0 bridgehead atoms. The number of rotatable bonds is 3. The second-order valence-corrected chi connectivity index (χ2v) is 3.19. The lowest BCUT2D eigenvalue weighted by Gasteiger charge is -2.05. The van der Waals surface area contributed by atoms with Gasteiger partial charge in [0.25, 0.3) is 0 Å². The van der Waals surface area contributed by atoms with Crippen LogP contribution in [0.15, 0.2) is 29.3 Å². The molecule has 0 aliphatic carbocycles. The molecule has 0 aliphatic rings. The van der Waals surface area contributed by atoms with Gasteiger partial charge in [0.05, 0.1) is 12.3 Å². The van der Waals surface area contributed by atoms with Crippen molar-refractivity contribution in [2.75, 3.05) is 6.61 Å². The van der Waals surface area contributed by atoms with Crippen LogP contribution in [0, 0.1) is 0 Å². The molecule has 0 radical (unpaired) electrons. The SMILES string of the molecule is CCOc1cccc(N=C(Cl)C(F)(F)F)c1. The second-order valence-electron chi connectivity index (χ2n) is 2.83. The summed E-state index contributed by atoms with van der Waals surface area (Å²) in [6.45, 7) is 2.21. The predicted molar refractivity (Wildman–Crippen MR) is 56.6 cm³/mol. The first kappa shape index (κ1) is 12.8. The van der Waals surface area contributed by atoms with Crippen LogP contribution in [0.3, 0.4) is 0 Å². The minimum absolute atomic E-state index is 0.105. The van der Waals surface area contributed by atoms with Crippen molar-refractivity contribution in [1.82, 2.24) is 0 Å². The van der Waals surface area contributed by atoms with Crippen molar-refractivity contribution in [2.24, 2.45) is 4.99 Å². The first-order valence-electron chi connectivity index (χ1n) is 4.47. The van der Waals surface area contributed by atoms with E-state index in [0.29, 0.717) is 12.4 Å². The van der Waals surface area contributed by atoms with Gasteiger partial charge < -0.3 is 4.74 Å². The van der Waals surface area contributed by atoms with Crippen LogP contribution in [-0.2, 0) is 0 Å². The van der Waals surface area contributed by atoms with E-state index in [4.69, 9.17) is 16.3 Å². The van der Waals surface area contributed by atoms with Gasteiger partial charge in [-0.15, -0.1) is 0 Å². The smallest absolute Gasteiger partial charge is 0.444 e. The number of halogens is 4. The molecule has 0 unspecified atom stereocenters. The molecule has 0 amide bonds. The number of ether oxygens (including phenoxy) is 1. The van der Waals surface area contributed by atoms with Crippen molar-refractivity contribution in [2.45, 2.75) is 13.1 Å². The van der Waals surface area contributed by atoms with E-state index in [-0.39, 0.29) is 5.69 Å². The van der Waals surface area contributed by atoms with E-state index in [1.165, 1.54) is 12.1 Å². The summed E-state index contributed by atoms with van der Waals surface area (Å²) in [6.07, 6.45) is -4.62. The minimum atomic E-state index is -4.62. The summed E-state index contributed by atoms with van der Waals surface area (Å²) in [5.41, 5.74) is 0.105. The monoisotopic (exact) mass is 251 g/mol. The Morgan fingerprint density at radius 3 is 2.69 bits per heavy atom. The van der Waals surface area contributed by atoms with E-state index in [2.05, 4.69) is 4.99 Å². The molecular formula is C10H9ClF3NO. The third-order valence-corrected chi connectivity index (χ3v) is 1.89. The topological polar surface area (TPSA) is 21.6 Å². The zero-order valence-electron chi connectivity index (χ0n) is 8.38. The molecule has 88 valence electrons.